The normalized spacial score (nSPS) is 12.7. The minimum Gasteiger partial charge on any atom is -0.207 e. The highest BCUT2D eigenvalue weighted by molar-refractivity contribution is 5.77. The number of halogens is 1. The SMILES string of the molecule is C[C](C)Cc1cc2c(cc1F)-c1ccccc1C2. The Bertz CT molecular complexity index is 597. The molecule has 0 aliphatic heterocycles. The van der Waals surface area contributed by atoms with Crippen molar-refractivity contribution in [2.75, 3.05) is 0 Å². The van der Waals surface area contributed by atoms with E-state index in [0.717, 1.165) is 24.0 Å². The Morgan fingerprint density at radius 1 is 1.06 bits per heavy atom. The summed E-state index contributed by atoms with van der Waals surface area (Å²) >= 11 is 0. The average Bonchev–Trinajstić information content (AvgIpc) is 2.67. The molecule has 0 saturated heterocycles. The van der Waals surface area contributed by atoms with Crippen molar-refractivity contribution in [3.63, 3.8) is 0 Å². The molecule has 1 aliphatic carbocycles. The van der Waals surface area contributed by atoms with Crippen molar-refractivity contribution in [2.24, 2.45) is 0 Å². The molecule has 1 heteroatoms. The minimum atomic E-state index is -0.0772. The molecule has 0 spiro atoms. The van der Waals surface area contributed by atoms with Crippen molar-refractivity contribution in [1.82, 2.24) is 0 Å². The lowest BCUT2D eigenvalue weighted by Gasteiger charge is -2.09. The average molecular weight is 239 g/mol. The van der Waals surface area contributed by atoms with Crippen molar-refractivity contribution in [1.29, 1.82) is 0 Å². The van der Waals surface area contributed by atoms with Gasteiger partial charge in [-0.15, -0.1) is 0 Å². The molecule has 2 aromatic carbocycles. The fourth-order valence-corrected chi connectivity index (χ4v) is 2.72. The highest BCUT2D eigenvalue weighted by Crippen LogP contribution is 2.38. The molecular weight excluding hydrogens is 223 g/mol. The molecule has 2 aromatic rings. The van der Waals surface area contributed by atoms with Crippen LogP contribution in [-0.4, -0.2) is 0 Å². The van der Waals surface area contributed by atoms with Crippen LogP contribution >= 0.6 is 0 Å². The number of rotatable bonds is 2. The smallest absolute Gasteiger partial charge is 0.127 e. The maximum atomic E-state index is 14.1. The lowest BCUT2D eigenvalue weighted by atomic mass is 9.97. The number of hydrogen-bond acceptors (Lipinski definition) is 0. The van der Waals surface area contributed by atoms with Crippen LogP contribution in [0.5, 0.6) is 0 Å². The summed E-state index contributed by atoms with van der Waals surface area (Å²) in [6, 6.07) is 12.0. The van der Waals surface area contributed by atoms with E-state index in [1.807, 2.05) is 32.0 Å². The second-order valence-corrected chi connectivity index (χ2v) is 5.32. The fraction of sp³-hybridized carbons (Fsp3) is 0.235. The Labute approximate surface area is 107 Å². The Kier molecular flexibility index (Phi) is 2.70. The molecule has 0 unspecified atom stereocenters. The summed E-state index contributed by atoms with van der Waals surface area (Å²) in [6.45, 7) is 4.09. The highest BCUT2D eigenvalue weighted by Gasteiger charge is 2.20. The van der Waals surface area contributed by atoms with E-state index >= 15 is 0 Å². The van der Waals surface area contributed by atoms with E-state index in [1.165, 1.54) is 22.6 Å². The minimum absolute atomic E-state index is 0.0772. The van der Waals surface area contributed by atoms with Crippen LogP contribution in [0.15, 0.2) is 36.4 Å². The van der Waals surface area contributed by atoms with E-state index < -0.39 is 0 Å². The van der Waals surface area contributed by atoms with Gasteiger partial charge in [-0.2, -0.15) is 0 Å². The van der Waals surface area contributed by atoms with Gasteiger partial charge in [-0.25, -0.2) is 4.39 Å². The summed E-state index contributed by atoms with van der Waals surface area (Å²) in [5.74, 6) is 1.16. The zero-order valence-electron chi connectivity index (χ0n) is 10.8. The molecule has 3 rings (SSSR count). The van der Waals surface area contributed by atoms with Crippen LogP contribution in [0.3, 0.4) is 0 Å². The summed E-state index contributed by atoms with van der Waals surface area (Å²) in [4.78, 5) is 0. The van der Waals surface area contributed by atoms with Crippen LogP contribution < -0.4 is 0 Å². The summed E-state index contributed by atoms with van der Waals surface area (Å²) in [7, 11) is 0. The van der Waals surface area contributed by atoms with Crippen LogP contribution in [0, 0.1) is 11.7 Å². The maximum Gasteiger partial charge on any atom is 0.127 e. The van der Waals surface area contributed by atoms with Crippen LogP contribution in [0.1, 0.15) is 30.5 Å². The Morgan fingerprint density at radius 3 is 2.61 bits per heavy atom. The van der Waals surface area contributed by atoms with Gasteiger partial charge in [-0.05, 0) is 52.6 Å². The van der Waals surface area contributed by atoms with Crippen LogP contribution in [0.25, 0.3) is 11.1 Å². The summed E-state index contributed by atoms with van der Waals surface area (Å²) in [5.41, 5.74) is 5.65. The summed E-state index contributed by atoms with van der Waals surface area (Å²) in [5, 5.41) is 0. The second kappa shape index (κ2) is 4.24. The summed E-state index contributed by atoms with van der Waals surface area (Å²) in [6.07, 6.45) is 1.66. The predicted octanol–water partition coefficient (Wildman–Crippen LogP) is 4.55. The number of fused-ring (bicyclic) bond motifs is 3. The second-order valence-electron chi connectivity index (χ2n) is 5.32. The van der Waals surface area contributed by atoms with E-state index in [4.69, 9.17) is 0 Å². The summed E-state index contributed by atoms with van der Waals surface area (Å²) < 4.78 is 14.1. The molecule has 1 aliphatic rings. The molecule has 0 aromatic heterocycles. The molecule has 0 fully saturated rings. The van der Waals surface area contributed by atoms with Gasteiger partial charge < -0.3 is 0 Å². The van der Waals surface area contributed by atoms with Crippen LogP contribution in [0.2, 0.25) is 0 Å². The third-order valence-corrected chi connectivity index (χ3v) is 3.50. The molecule has 0 saturated carbocycles. The van der Waals surface area contributed by atoms with Gasteiger partial charge in [-0.1, -0.05) is 44.2 Å². The van der Waals surface area contributed by atoms with Crippen LogP contribution in [0.4, 0.5) is 4.39 Å². The van der Waals surface area contributed by atoms with E-state index in [2.05, 4.69) is 12.1 Å². The van der Waals surface area contributed by atoms with E-state index in [9.17, 15) is 4.39 Å². The number of benzene rings is 2. The first kappa shape index (κ1) is 11.5. The van der Waals surface area contributed by atoms with Gasteiger partial charge in [0.25, 0.3) is 0 Å². The topological polar surface area (TPSA) is 0 Å². The zero-order chi connectivity index (χ0) is 12.7. The Hall–Kier alpha value is -1.63. The van der Waals surface area contributed by atoms with Crippen LogP contribution in [-0.2, 0) is 12.8 Å². The van der Waals surface area contributed by atoms with E-state index in [-0.39, 0.29) is 5.82 Å². The molecule has 0 amide bonds. The fourth-order valence-electron chi connectivity index (χ4n) is 2.72. The Balaban J connectivity index is 2.08. The zero-order valence-corrected chi connectivity index (χ0v) is 10.8. The monoisotopic (exact) mass is 239 g/mol. The molecule has 0 heterocycles. The quantitative estimate of drug-likeness (QED) is 0.615. The van der Waals surface area contributed by atoms with Crippen molar-refractivity contribution in [3.05, 3.63) is 64.8 Å². The first-order chi connectivity index (χ1) is 8.65. The van der Waals surface area contributed by atoms with Crippen molar-refractivity contribution in [3.8, 4) is 11.1 Å². The van der Waals surface area contributed by atoms with Gasteiger partial charge in [0.15, 0.2) is 0 Å². The molecule has 18 heavy (non-hydrogen) atoms. The molecule has 1 radical (unpaired) electrons. The number of hydrogen-bond donors (Lipinski definition) is 0. The molecule has 91 valence electrons. The largest absolute Gasteiger partial charge is 0.207 e. The van der Waals surface area contributed by atoms with Gasteiger partial charge in [0, 0.05) is 0 Å². The first-order valence-corrected chi connectivity index (χ1v) is 6.34. The standard InChI is InChI=1S/C17H16F/c1-11(2)7-14-9-13-8-12-5-3-4-6-15(12)16(13)10-17(14)18/h3-6,9-10H,7-8H2,1-2H3. The third kappa shape index (κ3) is 1.84. The first-order valence-electron chi connectivity index (χ1n) is 6.34. The molecule has 0 N–H and O–H groups in total. The lowest BCUT2D eigenvalue weighted by molar-refractivity contribution is 0.610. The van der Waals surface area contributed by atoms with E-state index in [1.54, 1.807) is 6.07 Å². The van der Waals surface area contributed by atoms with Crippen molar-refractivity contribution >= 4 is 0 Å². The predicted molar refractivity (Wildman–Crippen MR) is 72.9 cm³/mol. The lowest BCUT2D eigenvalue weighted by Crippen LogP contribution is -1.97. The van der Waals surface area contributed by atoms with Crippen molar-refractivity contribution < 1.29 is 4.39 Å². The molecule has 0 nitrogen and oxygen atoms in total. The van der Waals surface area contributed by atoms with Crippen molar-refractivity contribution in [2.45, 2.75) is 26.7 Å². The maximum absolute atomic E-state index is 14.1. The Morgan fingerprint density at radius 2 is 1.83 bits per heavy atom. The third-order valence-electron chi connectivity index (χ3n) is 3.50. The van der Waals surface area contributed by atoms with Gasteiger partial charge in [0.2, 0.25) is 0 Å². The molecule has 0 bridgehead atoms. The van der Waals surface area contributed by atoms with Gasteiger partial charge in [0.1, 0.15) is 5.82 Å². The van der Waals surface area contributed by atoms with E-state index in [0.29, 0.717) is 0 Å². The van der Waals surface area contributed by atoms with Gasteiger partial charge in [0.05, 0.1) is 0 Å². The van der Waals surface area contributed by atoms with Gasteiger partial charge in [-0.3, -0.25) is 0 Å². The van der Waals surface area contributed by atoms with Gasteiger partial charge >= 0.3 is 0 Å². The molecule has 0 atom stereocenters. The highest BCUT2D eigenvalue weighted by atomic mass is 19.1. The molecular formula is C17H16F.